The van der Waals surface area contributed by atoms with Gasteiger partial charge in [0.15, 0.2) is 9.84 Å². The summed E-state index contributed by atoms with van der Waals surface area (Å²) in [5.74, 6) is -2.02. The molecular weight excluding hydrogens is 424 g/mol. The fourth-order valence-electron chi connectivity index (χ4n) is 4.87. The van der Waals surface area contributed by atoms with Crippen LogP contribution in [0.4, 0.5) is 14.6 Å². The molecule has 2 aliphatic carbocycles. The van der Waals surface area contributed by atoms with Crippen LogP contribution in [0.5, 0.6) is 0 Å². The van der Waals surface area contributed by atoms with Gasteiger partial charge >= 0.3 is 0 Å². The van der Waals surface area contributed by atoms with Crippen LogP contribution in [0, 0.1) is 5.41 Å². The Labute approximate surface area is 179 Å². The van der Waals surface area contributed by atoms with E-state index in [4.69, 9.17) is 0 Å². The molecule has 5 rings (SSSR count). The van der Waals surface area contributed by atoms with Crippen molar-refractivity contribution in [1.82, 2.24) is 9.55 Å². The van der Waals surface area contributed by atoms with Crippen molar-refractivity contribution in [2.75, 3.05) is 24.2 Å². The third-order valence-electron chi connectivity index (χ3n) is 6.91. The van der Waals surface area contributed by atoms with Crippen molar-refractivity contribution in [3.63, 3.8) is 0 Å². The number of fused-ring (bicyclic) bond motifs is 1. The van der Waals surface area contributed by atoms with E-state index in [2.05, 4.69) is 4.98 Å². The first-order valence-electron chi connectivity index (χ1n) is 10.2. The second kappa shape index (κ2) is 6.48. The van der Waals surface area contributed by atoms with Crippen LogP contribution in [0.3, 0.4) is 0 Å². The Morgan fingerprint density at radius 2 is 1.84 bits per heavy atom. The number of aryl methyl sites for hydroxylation is 1. The molecule has 1 aliphatic heterocycles. The van der Waals surface area contributed by atoms with Crippen LogP contribution >= 0.6 is 0 Å². The van der Waals surface area contributed by atoms with E-state index in [1.807, 2.05) is 17.1 Å². The Hall–Kier alpha value is -2.55. The van der Waals surface area contributed by atoms with E-state index >= 15 is 0 Å². The van der Waals surface area contributed by atoms with Crippen molar-refractivity contribution in [2.24, 2.45) is 12.5 Å². The Kier molecular flexibility index (Phi) is 4.25. The van der Waals surface area contributed by atoms with Crippen molar-refractivity contribution < 1.29 is 17.2 Å². The molecule has 2 aromatic heterocycles. The Bertz CT molecular complexity index is 1290. The molecule has 3 heterocycles. The van der Waals surface area contributed by atoms with Crippen molar-refractivity contribution in [1.29, 1.82) is 0 Å². The highest BCUT2D eigenvalue weighted by molar-refractivity contribution is 7.90. The van der Waals surface area contributed by atoms with Gasteiger partial charge in [-0.2, -0.15) is 0 Å². The molecule has 31 heavy (non-hydrogen) atoms. The van der Waals surface area contributed by atoms with Crippen LogP contribution in [-0.4, -0.2) is 43.2 Å². The Morgan fingerprint density at radius 1 is 1.16 bits per heavy atom. The van der Waals surface area contributed by atoms with Crippen molar-refractivity contribution >= 4 is 21.7 Å². The van der Waals surface area contributed by atoms with Gasteiger partial charge in [-0.1, -0.05) is 12.2 Å². The second-order valence-electron chi connectivity index (χ2n) is 8.92. The van der Waals surface area contributed by atoms with Crippen LogP contribution < -0.4 is 10.5 Å². The van der Waals surface area contributed by atoms with E-state index in [9.17, 15) is 22.0 Å². The number of alkyl halides is 2. The monoisotopic (exact) mass is 447 g/mol. The summed E-state index contributed by atoms with van der Waals surface area (Å²) in [5.41, 5.74) is 1.76. The van der Waals surface area contributed by atoms with Crippen molar-refractivity contribution in [3.8, 4) is 11.1 Å². The summed E-state index contributed by atoms with van der Waals surface area (Å²) in [6.07, 6.45) is 9.14. The smallest absolute Gasteiger partial charge is 0.254 e. The van der Waals surface area contributed by atoms with Gasteiger partial charge in [-0.05, 0) is 30.9 Å². The lowest BCUT2D eigenvalue weighted by Gasteiger charge is -2.34. The highest BCUT2D eigenvalue weighted by Gasteiger charge is 2.70. The van der Waals surface area contributed by atoms with Gasteiger partial charge in [0, 0.05) is 67.3 Å². The largest absolute Gasteiger partial charge is 0.356 e. The molecule has 0 bridgehead atoms. The summed E-state index contributed by atoms with van der Waals surface area (Å²) < 4.78 is 53.6. The van der Waals surface area contributed by atoms with Crippen LogP contribution in [0.25, 0.3) is 17.2 Å². The fourth-order valence-corrected chi connectivity index (χ4v) is 5.45. The quantitative estimate of drug-likeness (QED) is 0.723. The number of rotatable bonds is 3. The predicted octanol–water partition coefficient (Wildman–Crippen LogP) is 3.05. The van der Waals surface area contributed by atoms with Gasteiger partial charge in [0.25, 0.3) is 11.5 Å². The zero-order chi connectivity index (χ0) is 22.2. The molecule has 164 valence electrons. The molecule has 0 aromatic carbocycles. The molecular formula is C22H23F2N3O3S. The second-order valence-corrected chi connectivity index (χ2v) is 10.9. The fraction of sp³-hybridized carbons (Fsp3) is 0.455. The first-order chi connectivity index (χ1) is 14.5. The van der Waals surface area contributed by atoms with Gasteiger partial charge in [-0.25, -0.2) is 22.2 Å². The van der Waals surface area contributed by atoms with Gasteiger partial charge in [0.1, 0.15) is 5.82 Å². The zero-order valence-electron chi connectivity index (χ0n) is 17.4. The summed E-state index contributed by atoms with van der Waals surface area (Å²) in [4.78, 5) is 19.0. The number of anilines is 1. The van der Waals surface area contributed by atoms with E-state index in [-0.39, 0.29) is 16.9 Å². The third-order valence-corrected chi connectivity index (χ3v) is 7.99. The van der Waals surface area contributed by atoms with Gasteiger partial charge < -0.3 is 9.47 Å². The summed E-state index contributed by atoms with van der Waals surface area (Å²) in [7, 11) is -1.84. The van der Waals surface area contributed by atoms with Crippen LogP contribution in [0.1, 0.15) is 30.4 Å². The molecule has 0 unspecified atom stereocenters. The maximum atomic E-state index is 13.8. The number of halogens is 2. The minimum Gasteiger partial charge on any atom is -0.356 e. The molecule has 1 saturated carbocycles. The van der Waals surface area contributed by atoms with Gasteiger partial charge in [0.2, 0.25) is 0 Å². The van der Waals surface area contributed by atoms with E-state index < -0.39 is 21.2 Å². The highest BCUT2D eigenvalue weighted by Crippen LogP contribution is 2.66. The van der Waals surface area contributed by atoms with Gasteiger partial charge in [-0.15, -0.1) is 0 Å². The number of piperidine rings is 1. The number of aromatic nitrogens is 2. The highest BCUT2D eigenvalue weighted by atomic mass is 32.2. The molecule has 1 spiro atoms. The molecule has 9 heteroatoms. The summed E-state index contributed by atoms with van der Waals surface area (Å²) >= 11 is 0. The molecule has 0 N–H and O–H groups in total. The number of sulfone groups is 1. The summed E-state index contributed by atoms with van der Waals surface area (Å²) in [6, 6.07) is 1.58. The predicted molar refractivity (Wildman–Crippen MR) is 114 cm³/mol. The molecule has 0 amide bonds. The Morgan fingerprint density at radius 3 is 2.45 bits per heavy atom. The molecule has 0 radical (unpaired) electrons. The minimum atomic E-state index is -3.50. The zero-order valence-corrected chi connectivity index (χ0v) is 18.2. The van der Waals surface area contributed by atoms with Crippen LogP contribution in [-0.2, 0) is 23.3 Å². The lowest BCUT2D eigenvalue weighted by Crippen LogP contribution is -2.37. The molecule has 2 aromatic rings. The summed E-state index contributed by atoms with van der Waals surface area (Å²) in [5, 5.41) is 0. The first-order valence-corrected chi connectivity index (χ1v) is 12.1. The molecule has 0 atom stereocenters. The maximum Gasteiger partial charge on any atom is 0.254 e. The van der Waals surface area contributed by atoms with Gasteiger partial charge in [0.05, 0.1) is 4.90 Å². The number of allylic oxidation sites excluding steroid dienone is 1. The van der Waals surface area contributed by atoms with E-state index in [0.29, 0.717) is 49.3 Å². The average molecular weight is 448 g/mol. The number of pyridine rings is 2. The topological polar surface area (TPSA) is 72.3 Å². The van der Waals surface area contributed by atoms with Crippen LogP contribution in [0.2, 0.25) is 0 Å². The molecule has 3 aliphatic rings. The molecule has 2 fully saturated rings. The lowest BCUT2D eigenvalue weighted by atomic mass is 9.92. The van der Waals surface area contributed by atoms with Crippen LogP contribution in [0.15, 0.2) is 34.2 Å². The van der Waals surface area contributed by atoms with Crippen molar-refractivity contribution in [3.05, 3.63) is 46.0 Å². The SMILES string of the molecule is Cn1cc(-c2cc(S(C)(=O)=O)cnc2N2CCC3(CC2)CC3(F)F)c2c(c1=O)CC=C2. The Balaban J connectivity index is 1.63. The molecule has 6 nitrogen and oxygen atoms in total. The standard InChI is InChI=1S/C22H23F2N3O3S/c1-26-12-18(15-4-3-5-16(15)20(26)28)17-10-14(31(2,29)30)11-25-19(17)27-8-6-21(7-9-27)13-22(21,23)24/h3-4,10-12H,5-9,13H2,1-2H3. The maximum absolute atomic E-state index is 13.8. The number of nitrogens with zero attached hydrogens (tertiary/aromatic N) is 3. The number of hydrogen-bond acceptors (Lipinski definition) is 5. The average Bonchev–Trinajstić information content (AvgIpc) is 3.05. The third kappa shape index (κ3) is 3.12. The number of hydrogen-bond donors (Lipinski definition) is 0. The summed E-state index contributed by atoms with van der Waals surface area (Å²) in [6.45, 7) is 0.856. The van der Waals surface area contributed by atoms with Gasteiger partial charge in [-0.3, -0.25) is 4.79 Å². The minimum absolute atomic E-state index is 0.0553. The first kappa shape index (κ1) is 20.4. The van der Waals surface area contributed by atoms with E-state index in [1.54, 1.807) is 19.3 Å². The lowest BCUT2D eigenvalue weighted by molar-refractivity contribution is 0.0536. The van der Waals surface area contributed by atoms with Crippen molar-refractivity contribution in [2.45, 2.75) is 36.5 Å². The van der Waals surface area contributed by atoms with E-state index in [1.165, 1.54) is 10.8 Å². The van der Waals surface area contributed by atoms with E-state index in [0.717, 1.165) is 17.4 Å². The normalized spacial score (nSPS) is 20.8. The molecule has 1 saturated heterocycles.